The van der Waals surface area contributed by atoms with E-state index < -0.39 is 0 Å². The quantitative estimate of drug-likeness (QED) is 0.789. The molecule has 0 radical (unpaired) electrons. The molecule has 0 atom stereocenters. The van der Waals surface area contributed by atoms with Crippen LogP contribution in [0, 0.1) is 0 Å². The maximum absolute atomic E-state index is 12.8. The number of anilines is 2. The molecule has 0 unspecified atom stereocenters. The van der Waals surface area contributed by atoms with Crippen LogP contribution in [0.5, 0.6) is 0 Å². The average Bonchev–Trinajstić information content (AvgIpc) is 2.75. The Kier molecular flexibility index (Phi) is 6.41. The van der Waals surface area contributed by atoms with Crippen LogP contribution in [0.3, 0.4) is 0 Å². The third kappa shape index (κ3) is 4.39. The summed E-state index contributed by atoms with van der Waals surface area (Å²) in [7, 11) is 0. The topological polar surface area (TPSA) is 78.9 Å². The molecule has 8 nitrogen and oxygen atoms in total. The highest BCUT2D eigenvalue weighted by atomic mass is 16.6. The summed E-state index contributed by atoms with van der Waals surface area (Å²) in [5.74, 6) is 0.516. The van der Waals surface area contributed by atoms with Gasteiger partial charge in [0.1, 0.15) is 0 Å². The van der Waals surface area contributed by atoms with Gasteiger partial charge in [0, 0.05) is 38.4 Å². The van der Waals surface area contributed by atoms with Crippen molar-refractivity contribution < 1.29 is 14.3 Å². The molecule has 1 aromatic heterocycles. The van der Waals surface area contributed by atoms with E-state index in [-0.39, 0.29) is 12.0 Å². The molecule has 2 heterocycles. The van der Waals surface area contributed by atoms with E-state index in [2.05, 4.69) is 10.2 Å². The van der Waals surface area contributed by atoms with E-state index in [1.54, 1.807) is 28.9 Å². The molecule has 0 aliphatic carbocycles. The van der Waals surface area contributed by atoms with E-state index in [0.717, 1.165) is 5.69 Å². The fourth-order valence-electron chi connectivity index (χ4n) is 3.13. The Labute approximate surface area is 164 Å². The first kappa shape index (κ1) is 19.6. The van der Waals surface area contributed by atoms with Crippen molar-refractivity contribution in [2.45, 2.75) is 13.8 Å². The monoisotopic (exact) mass is 383 g/mol. The third-order valence-electron chi connectivity index (χ3n) is 4.63. The van der Waals surface area contributed by atoms with Crippen LogP contribution in [0.1, 0.15) is 24.3 Å². The lowest BCUT2D eigenvalue weighted by Gasteiger charge is -2.34. The molecular formula is C20H25N5O3. The van der Waals surface area contributed by atoms with Gasteiger partial charge in [0.2, 0.25) is 0 Å². The second kappa shape index (κ2) is 9.16. The molecule has 1 fully saturated rings. The average molecular weight is 383 g/mol. The van der Waals surface area contributed by atoms with Gasteiger partial charge in [0.25, 0.3) is 5.91 Å². The minimum atomic E-state index is -0.283. The molecule has 0 spiro atoms. The largest absolute Gasteiger partial charge is 0.450 e. The first-order valence-corrected chi connectivity index (χ1v) is 9.51. The van der Waals surface area contributed by atoms with E-state index >= 15 is 0 Å². The Morgan fingerprint density at radius 1 is 1.00 bits per heavy atom. The van der Waals surface area contributed by atoms with E-state index in [1.165, 1.54) is 0 Å². The van der Waals surface area contributed by atoms with Crippen LogP contribution in [-0.4, -0.2) is 66.4 Å². The molecule has 0 N–H and O–H groups in total. The number of piperazine rings is 1. The van der Waals surface area contributed by atoms with Crippen molar-refractivity contribution in [1.82, 2.24) is 15.1 Å². The molecule has 2 aromatic rings. The highest BCUT2D eigenvalue weighted by Crippen LogP contribution is 2.17. The zero-order valence-electron chi connectivity index (χ0n) is 16.2. The van der Waals surface area contributed by atoms with Gasteiger partial charge < -0.3 is 19.4 Å². The lowest BCUT2D eigenvalue weighted by molar-refractivity contribution is 0.0981. The van der Waals surface area contributed by atoms with Crippen molar-refractivity contribution in [3.63, 3.8) is 0 Å². The van der Waals surface area contributed by atoms with Crippen LogP contribution in [-0.2, 0) is 4.74 Å². The fraction of sp³-hybridized carbons (Fsp3) is 0.400. The number of hydrogen-bond donors (Lipinski definition) is 0. The van der Waals surface area contributed by atoms with Gasteiger partial charge in [-0.25, -0.2) is 4.79 Å². The lowest BCUT2D eigenvalue weighted by Crippen LogP contribution is -2.49. The molecule has 8 heteroatoms. The van der Waals surface area contributed by atoms with Gasteiger partial charge in [0.05, 0.1) is 6.61 Å². The predicted molar refractivity (Wildman–Crippen MR) is 107 cm³/mol. The number of carbonyl (C=O) groups excluding carboxylic acids is 2. The number of benzene rings is 1. The number of ether oxygens (including phenoxy) is 1. The zero-order valence-corrected chi connectivity index (χ0v) is 16.2. The van der Waals surface area contributed by atoms with Gasteiger partial charge in [-0.15, -0.1) is 10.2 Å². The van der Waals surface area contributed by atoms with Crippen LogP contribution in [0.2, 0.25) is 0 Å². The highest BCUT2D eigenvalue weighted by Gasteiger charge is 2.23. The summed E-state index contributed by atoms with van der Waals surface area (Å²) in [6.45, 7) is 7.06. The Balaban J connectivity index is 1.64. The summed E-state index contributed by atoms with van der Waals surface area (Å²) in [5.41, 5.74) is 1.13. The van der Waals surface area contributed by atoms with Gasteiger partial charge >= 0.3 is 6.09 Å². The van der Waals surface area contributed by atoms with Crippen LogP contribution < -0.4 is 9.80 Å². The molecular weight excluding hydrogens is 358 g/mol. The normalized spacial score (nSPS) is 13.9. The Bertz CT molecular complexity index is 789. The number of para-hydroxylation sites is 1. The molecule has 28 heavy (non-hydrogen) atoms. The Morgan fingerprint density at radius 3 is 2.29 bits per heavy atom. The third-order valence-corrected chi connectivity index (χ3v) is 4.63. The number of aromatic nitrogens is 2. The highest BCUT2D eigenvalue weighted by molar-refractivity contribution is 6.04. The van der Waals surface area contributed by atoms with Crippen molar-refractivity contribution in [2.75, 3.05) is 49.1 Å². The molecule has 148 valence electrons. The van der Waals surface area contributed by atoms with Crippen molar-refractivity contribution in [3.8, 4) is 0 Å². The number of hydrogen-bond acceptors (Lipinski definition) is 6. The van der Waals surface area contributed by atoms with Crippen LogP contribution >= 0.6 is 0 Å². The van der Waals surface area contributed by atoms with Crippen LogP contribution in [0.25, 0.3) is 0 Å². The molecule has 0 saturated carbocycles. The van der Waals surface area contributed by atoms with Crippen LogP contribution in [0.4, 0.5) is 16.3 Å². The van der Waals surface area contributed by atoms with E-state index in [4.69, 9.17) is 4.74 Å². The maximum Gasteiger partial charge on any atom is 0.409 e. The Morgan fingerprint density at radius 2 is 1.71 bits per heavy atom. The second-order valence-electron chi connectivity index (χ2n) is 6.33. The number of amides is 2. The number of nitrogens with zero attached hydrogens (tertiary/aromatic N) is 5. The molecule has 3 rings (SSSR count). The van der Waals surface area contributed by atoms with E-state index in [0.29, 0.717) is 50.8 Å². The molecule has 1 aliphatic heterocycles. The van der Waals surface area contributed by atoms with Crippen molar-refractivity contribution >= 4 is 23.5 Å². The van der Waals surface area contributed by atoms with Gasteiger partial charge in [-0.1, -0.05) is 18.2 Å². The van der Waals surface area contributed by atoms with Crippen molar-refractivity contribution in [3.05, 3.63) is 48.2 Å². The summed E-state index contributed by atoms with van der Waals surface area (Å²) in [6.07, 6.45) is -0.283. The first-order chi connectivity index (χ1) is 13.6. The molecule has 1 aromatic carbocycles. The molecule has 2 amide bonds. The first-order valence-electron chi connectivity index (χ1n) is 9.51. The zero-order chi connectivity index (χ0) is 19.9. The van der Waals surface area contributed by atoms with Gasteiger partial charge in [0.15, 0.2) is 11.5 Å². The second-order valence-corrected chi connectivity index (χ2v) is 6.33. The standard InChI is InChI=1S/C20H25N5O3/c1-3-25(16-8-6-5-7-9-16)19(26)17-10-11-18(22-21-17)23-12-14-24(15-13-23)20(27)28-4-2/h5-11H,3-4,12-15H2,1-2H3. The van der Waals surface area contributed by atoms with Crippen molar-refractivity contribution in [1.29, 1.82) is 0 Å². The SMILES string of the molecule is CCOC(=O)N1CCN(c2ccc(C(=O)N(CC)c3ccccc3)nn2)CC1. The summed E-state index contributed by atoms with van der Waals surface area (Å²) < 4.78 is 5.03. The lowest BCUT2D eigenvalue weighted by atomic mass is 10.2. The van der Waals surface area contributed by atoms with Gasteiger partial charge in [-0.3, -0.25) is 4.79 Å². The summed E-state index contributed by atoms with van der Waals surface area (Å²) in [4.78, 5) is 30.0. The number of rotatable bonds is 5. The smallest absolute Gasteiger partial charge is 0.409 e. The van der Waals surface area contributed by atoms with E-state index in [1.807, 2.05) is 42.2 Å². The predicted octanol–water partition coefficient (Wildman–Crippen LogP) is 2.42. The Hall–Kier alpha value is -3.16. The summed E-state index contributed by atoms with van der Waals surface area (Å²) in [5, 5.41) is 8.38. The minimum absolute atomic E-state index is 0.181. The molecule has 1 aliphatic rings. The van der Waals surface area contributed by atoms with Gasteiger partial charge in [-0.05, 0) is 38.1 Å². The molecule has 1 saturated heterocycles. The maximum atomic E-state index is 12.8. The number of carbonyl (C=O) groups is 2. The van der Waals surface area contributed by atoms with E-state index in [9.17, 15) is 9.59 Å². The minimum Gasteiger partial charge on any atom is -0.450 e. The van der Waals surface area contributed by atoms with Crippen LogP contribution in [0.15, 0.2) is 42.5 Å². The fourth-order valence-corrected chi connectivity index (χ4v) is 3.13. The summed E-state index contributed by atoms with van der Waals surface area (Å²) >= 11 is 0. The van der Waals surface area contributed by atoms with Crippen molar-refractivity contribution in [2.24, 2.45) is 0 Å². The van der Waals surface area contributed by atoms with Gasteiger partial charge in [-0.2, -0.15) is 0 Å². The summed E-state index contributed by atoms with van der Waals surface area (Å²) in [6, 6.07) is 13.0. The molecule has 0 bridgehead atoms.